The molecule has 2 aromatic rings. The Balaban J connectivity index is 2.26. The van der Waals surface area contributed by atoms with Gasteiger partial charge < -0.3 is 19.0 Å². The third-order valence-electron chi connectivity index (χ3n) is 3.93. The van der Waals surface area contributed by atoms with Gasteiger partial charge in [-0.1, -0.05) is 12.1 Å². The largest absolute Gasteiger partial charge is 0.468 e. The number of hydrogen-bond donors (Lipinski definition) is 2. The standard InChI is InChI=1S/C17H14FNO6/c1-23-17(22)13-12(8-2-4-9(18)5-3-8)15-14(25-16(13)19)11(21)6-10(7-20)24-15/h2-6,12-13,19-20H,7H2,1H3. The molecule has 0 fully saturated rings. The number of halogens is 1. The van der Waals surface area contributed by atoms with Crippen molar-refractivity contribution in [1.29, 1.82) is 5.41 Å². The molecule has 0 radical (unpaired) electrons. The summed E-state index contributed by atoms with van der Waals surface area (Å²) >= 11 is 0. The van der Waals surface area contributed by atoms with E-state index in [9.17, 15) is 19.1 Å². The van der Waals surface area contributed by atoms with Gasteiger partial charge in [0.15, 0.2) is 5.76 Å². The summed E-state index contributed by atoms with van der Waals surface area (Å²) in [6.07, 6.45) is 0. The molecule has 0 aliphatic carbocycles. The topological polar surface area (TPSA) is 110 Å². The molecule has 3 rings (SSSR count). The fourth-order valence-electron chi connectivity index (χ4n) is 2.79. The number of aliphatic hydroxyl groups excluding tert-OH is 1. The maximum absolute atomic E-state index is 13.3. The zero-order valence-corrected chi connectivity index (χ0v) is 13.1. The van der Waals surface area contributed by atoms with Crippen LogP contribution in [0.3, 0.4) is 0 Å². The van der Waals surface area contributed by atoms with Gasteiger partial charge in [-0.15, -0.1) is 0 Å². The molecule has 2 heterocycles. The van der Waals surface area contributed by atoms with E-state index >= 15 is 0 Å². The third kappa shape index (κ3) is 2.91. The van der Waals surface area contributed by atoms with E-state index in [0.29, 0.717) is 5.56 Å². The lowest BCUT2D eigenvalue weighted by molar-refractivity contribution is -0.144. The lowest BCUT2D eigenvalue weighted by Crippen LogP contribution is -2.39. The molecule has 7 nitrogen and oxygen atoms in total. The Bertz CT molecular complexity index is 889. The van der Waals surface area contributed by atoms with Crippen molar-refractivity contribution in [2.75, 3.05) is 7.11 Å². The lowest BCUT2D eigenvalue weighted by atomic mass is 9.81. The van der Waals surface area contributed by atoms with Gasteiger partial charge in [-0.3, -0.25) is 15.0 Å². The van der Waals surface area contributed by atoms with Gasteiger partial charge >= 0.3 is 5.97 Å². The maximum Gasteiger partial charge on any atom is 0.319 e. The quantitative estimate of drug-likeness (QED) is 0.816. The Hall–Kier alpha value is -3.00. The number of nitrogens with one attached hydrogen (secondary N) is 1. The van der Waals surface area contributed by atoms with E-state index in [1.165, 1.54) is 24.3 Å². The van der Waals surface area contributed by atoms with Crippen molar-refractivity contribution in [1.82, 2.24) is 0 Å². The van der Waals surface area contributed by atoms with Gasteiger partial charge in [0.2, 0.25) is 17.1 Å². The van der Waals surface area contributed by atoms with E-state index in [1.54, 1.807) is 0 Å². The normalized spacial score (nSPS) is 19.1. The Kier molecular flexibility index (Phi) is 4.37. The maximum atomic E-state index is 13.3. The van der Waals surface area contributed by atoms with Crippen LogP contribution in [0.15, 0.2) is 39.5 Å². The number of benzene rings is 1. The molecule has 1 aliphatic rings. The van der Waals surface area contributed by atoms with Crippen LogP contribution < -0.4 is 10.2 Å². The first-order valence-corrected chi connectivity index (χ1v) is 7.33. The molecule has 8 heteroatoms. The fourth-order valence-corrected chi connectivity index (χ4v) is 2.79. The van der Waals surface area contributed by atoms with Gasteiger partial charge in [0.05, 0.1) is 13.0 Å². The van der Waals surface area contributed by atoms with E-state index in [4.69, 9.17) is 19.3 Å². The Morgan fingerprint density at radius 1 is 1.36 bits per heavy atom. The minimum Gasteiger partial charge on any atom is -0.468 e. The Morgan fingerprint density at radius 3 is 2.64 bits per heavy atom. The van der Waals surface area contributed by atoms with Gasteiger partial charge in [-0.05, 0) is 17.7 Å². The summed E-state index contributed by atoms with van der Waals surface area (Å²) in [7, 11) is 1.16. The molecule has 0 amide bonds. The predicted octanol–water partition coefficient (Wildman–Crippen LogP) is 1.56. The summed E-state index contributed by atoms with van der Waals surface area (Å²) in [4.78, 5) is 24.4. The molecule has 1 aromatic heterocycles. The third-order valence-corrected chi connectivity index (χ3v) is 3.93. The fraction of sp³-hybridized carbons (Fsp3) is 0.235. The van der Waals surface area contributed by atoms with Crippen molar-refractivity contribution in [3.8, 4) is 5.75 Å². The number of fused-ring (bicyclic) bond motifs is 1. The zero-order chi connectivity index (χ0) is 18.1. The predicted molar refractivity (Wildman–Crippen MR) is 83.0 cm³/mol. The van der Waals surface area contributed by atoms with Gasteiger partial charge in [-0.25, -0.2) is 4.39 Å². The highest BCUT2D eigenvalue weighted by molar-refractivity contribution is 6.00. The highest BCUT2D eigenvalue weighted by Crippen LogP contribution is 2.41. The summed E-state index contributed by atoms with van der Waals surface area (Å²) < 4.78 is 28.7. The van der Waals surface area contributed by atoms with Crippen molar-refractivity contribution < 1.29 is 28.2 Å². The van der Waals surface area contributed by atoms with Crippen molar-refractivity contribution >= 4 is 11.9 Å². The van der Waals surface area contributed by atoms with Gasteiger partial charge in [-0.2, -0.15) is 0 Å². The number of carbonyl (C=O) groups is 1. The van der Waals surface area contributed by atoms with E-state index in [1.807, 2.05) is 0 Å². The first-order chi connectivity index (χ1) is 12.0. The summed E-state index contributed by atoms with van der Waals surface area (Å²) in [5.41, 5.74) is -0.158. The number of carbonyl (C=O) groups excluding carboxylic acids is 1. The SMILES string of the molecule is COC(=O)C1C(=N)Oc2c(oc(CO)cc2=O)C1c1ccc(F)cc1. The average Bonchev–Trinajstić information content (AvgIpc) is 2.61. The van der Waals surface area contributed by atoms with Crippen LogP contribution >= 0.6 is 0 Å². The summed E-state index contributed by atoms with van der Waals surface area (Å²) in [5, 5.41) is 17.3. The van der Waals surface area contributed by atoms with Crippen LogP contribution in [0.4, 0.5) is 4.39 Å². The molecule has 2 atom stereocenters. The summed E-state index contributed by atoms with van der Waals surface area (Å²) in [6, 6.07) is 6.27. The summed E-state index contributed by atoms with van der Waals surface area (Å²) in [6.45, 7) is -0.529. The first kappa shape index (κ1) is 16.8. The molecule has 2 unspecified atom stereocenters. The van der Waals surface area contributed by atoms with Crippen LogP contribution in [0.2, 0.25) is 0 Å². The van der Waals surface area contributed by atoms with Gasteiger partial charge in [0, 0.05) is 6.07 Å². The van der Waals surface area contributed by atoms with E-state index < -0.39 is 41.6 Å². The second-order valence-electron chi connectivity index (χ2n) is 5.42. The minimum atomic E-state index is -1.21. The average molecular weight is 347 g/mol. The number of esters is 1. The Labute approximate surface area is 141 Å². The van der Waals surface area contributed by atoms with E-state index in [0.717, 1.165) is 13.2 Å². The van der Waals surface area contributed by atoms with Crippen LogP contribution in [-0.2, 0) is 16.1 Å². The Morgan fingerprint density at radius 2 is 2.04 bits per heavy atom. The van der Waals surface area contributed by atoms with Crippen LogP contribution in [0.25, 0.3) is 0 Å². The monoisotopic (exact) mass is 347 g/mol. The van der Waals surface area contributed by atoms with E-state index in [-0.39, 0.29) is 17.3 Å². The first-order valence-electron chi connectivity index (χ1n) is 7.33. The molecular weight excluding hydrogens is 333 g/mol. The molecule has 0 saturated heterocycles. The lowest BCUT2D eigenvalue weighted by Gasteiger charge is -2.30. The molecule has 0 bridgehead atoms. The molecule has 2 N–H and O–H groups in total. The second kappa shape index (κ2) is 6.48. The van der Waals surface area contributed by atoms with Crippen molar-refractivity contribution in [2.45, 2.75) is 12.5 Å². The highest BCUT2D eigenvalue weighted by atomic mass is 19.1. The molecule has 1 aromatic carbocycles. The smallest absolute Gasteiger partial charge is 0.319 e. The second-order valence-corrected chi connectivity index (χ2v) is 5.42. The van der Waals surface area contributed by atoms with Crippen LogP contribution in [0.1, 0.15) is 23.0 Å². The van der Waals surface area contributed by atoms with Crippen molar-refractivity contribution in [3.63, 3.8) is 0 Å². The zero-order valence-electron chi connectivity index (χ0n) is 13.1. The molecule has 0 spiro atoms. The van der Waals surface area contributed by atoms with Crippen molar-refractivity contribution in [2.24, 2.45) is 5.92 Å². The number of methoxy groups -OCH3 is 1. The number of aliphatic hydroxyl groups is 1. The van der Waals surface area contributed by atoms with Crippen LogP contribution in [0.5, 0.6) is 5.75 Å². The van der Waals surface area contributed by atoms with Crippen LogP contribution in [0, 0.1) is 17.1 Å². The highest BCUT2D eigenvalue weighted by Gasteiger charge is 2.45. The minimum absolute atomic E-state index is 0.0171. The molecule has 0 saturated carbocycles. The van der Waals surface area contributed by atoms with Crippen LogP contribution in [-0.4, -0.2) is 24.1 Å². The summed E-state index contributed by atoms with van der Waals surface area (Å²) in [5.74, 6) is -4.13. The number of ether oxygens (including phenoxy) is 2. The van der Waals surface area contributed by atoms with E-state index in [2.05, 4.69) is 0 Å². The number of hydrogen-bond acceptors (Lipinski definition) is 7. The van der Waals surface area contributed by atoms with Crippen molar-refractivity contribution in [3.05, 3.63) is 63.5 Å². The van der Waals surface area contributed by atoms with Gasteiger partial charge in [0.1, 0.15) is 24.1 Å². The number of rotatable bonds is 3. The molecular formula is C17H14FNO6. The molecule has 25 heavy (non-hydrogen) atoms. The van der Waals surface area contributed by atoms with Gasteiger partial charge in [0.25, 0.3) is 0 Å². The molecule has 1 aliphatic heterocycles. The molecule has 130 valence electrons.